The zero-order chi connectivity index (χ0) is 18.5. The summed E-state index contributed by atoms with van der Waals surface area (Å²) in [6.07, 6.45) is 7.49. The first-order chi connectivity index (χ1) is 13.1. The Morgan fingerprint density at radius 2 is 1.96 bits per heavy atom. The van der Waals surface area contributed by atoms with Gasteiger partial charge in [0, 0.05) is 38.1 Å². The van der Waals surface area contributed by atoms with Gasteiger partial charge < -0.3 is 10.2 Å². The number of hydrogen-bond donors (Lipinski definition) is 1. The van der Waals surface area contributed by atoms with Crippen LogP contribution in [0.15, 0.2) is 4.79 Å². The summed E-state index contributed by atoms with van der Waals surface area (Å²) in [7, 11) is 0. The Labute approximate surface area is 174 Å². The van der Waals surface area contributed by atoms with Gasteiger partial charge in [0.15, 0.2) is 0 Å². The standard InChI is InChI=1S/C20H26N4O2S.ClH/c1-12-16-18(22-15-5-3-2-4-9-24(15)19(16)25)27-17(12)20(26)23-10-8-13-6-7-14(11-23)21-13;/h13-14,21H,2-11H2,1H3;1H. The van der Waals surface area contributed by atoms with E-state index in [4.69, 9.17) is 4.98 Å². The molecule has 0 saturated carbocycles. The number of rotatable bonds is 1. The zero-order valence-corrected chi connectivity index (χ0v) is 17.8. The van der Waals surface area contributed by atoms with Crippen LogP contribution in [-0.4, -0.2) is 45.5 Å². The van der Waals surface area contributed by atoms with E-state index >= 15 is 0 Å². The van der Waals surface area contributed by atoms with E-state index in [-0.39, 0.29) is 23.9 Å². The number of halogens is 1. The molecule has 2 aromatic heterocycles. The van der Waals surface area contributed by atoms with E-state index in [0.29, 0.717) is 22.3 Å². The predicted molar refractivity (Wildman–Crippen MR) is 114 cm³/mol. The van der Waals surface area contributed by atoms with E-state index in [2.05, 4.69) is 5.32 Å². The highest BCUT2D eigenvalue weighted by Crippen LogP contribution is 2.30. The lowest BCUT2D eigenvalue weighted by Crippen LogP contribution is -2.39. The molecule has 0 aliphatic carbocycles. The molecule has 0 radical (unpaired) electrons. The first kappa shape index (κ1) is 19.9. The number of nitrogens with zero attached hydrogens (tertiary/aromatic N) is 3. The zero-order valence-electron chi connectivity index (χ0n) is 16.2. The van der Waals surface area contributed by atoms with Crippen molar-refractivity contribution in [2.24, 2.45) is 0 Å². The Morgan fingerprint density at radius 3 is 2.82 bits per heavy atom. The topological polar surface area (TPSA) is 67.2 Å². The van der Waals surface area contributed by atoms with Gasteiger partial charge in [0.25, 0.3) is 11.5 Å². The lowest BCUT2D eigenvalue weighted by Gasteiger charge is -2.24. The average molecular weight is 423 g/mol. The van der Waals surface area contributed by atoms with Crippen LogP contribution in [-0.2, 0) is 13.0 Å². The van der Waals surface area contributed by atoms with Crippen LogP contribution in [0.2, 0.25) is 0 Å². The fraction of sp³-hybridized carbons (Fsp3) is 0.650. The molecule has 2 aromatic rings. The molecule has 3 aliphatic heterocycles. The number of hydrogen-bond acceptors (Lipinski definition) is 5. The van der Waals surface area contributed by atoms with Gasteiger partial charge in [-0.25, -0.2) is 4.98 Å². The van der Waals surface area contributed by atoms with Crippen molar-refractivity contribution in [3.63, 3.8) is 0 Å². The number of fused-ring (bicyclic) bond motifs is 4. The molecule has 1 N–H and O–H groups in total. The lowest BCUT2D eigenvalue weighted by atomic mass is 10.1. The molecule has 2 fully saturated rings. The third kappa shape index (κ3) is 3.27. The van der Waals surface area contributed by atoms with Crippen LogP contribution >= 0.6 is 23.7 Å². The Morgan fingerprint density at radius 1 is 1.14 bits per heavy atom. The molecular formula is C20H27ClN4O2S. The number of carbonyl (C=O) groups excluding carboxylic acids is 1. The van der Waals surface area contributed by atoms with E-state index in [1.54, 1.807) is 0 Å². The molecule has 5 heterocycles. The summed E-state index contributed by atoms with van der Waals surface area (Å²) in [5, 5.41) is 4.28. The van der Waals surface area contributed by atoms with E-state index in [1.807, 2.05) is 16.4 Å². The summed E-state index contributed by atoms with van der Waals surface area (Å²) < 4.78 is 1.85. The summed E-state index contributed by atoms with van der Waals surface area (Å²) in [5.74, 6) is 0.964. The molecule has 28 heavy (non-hydrogen) atoms. The minimum absolute atomic E-state index is 0. The Balaban J connectivity index is 0.00000192. The Kier molecular flexibility index (Phi) is 5.51. The minimum Gasteiger partial charge on any atom is -0.336 e. The molecule has 5 rings (SSSR count). The average Bonchev–Trinajstić information content (AvgIpc) is 3.04. The second-order valence-electron chi connectivity index (χ2n) is 8.21. The molecule has 152 valence electrons. The minimum atomic E-state index is 0. The van der Waals surface area contributed by atoms with E-state index in [0.717, 1.165) is 74.4 Å². The largest absolute Gasteiger partial charge is 0.336 e. The van der Waals surface area contributed by atoms with Gasteiger partial charge in [-0.05, 0) is 44.6 Å². The Hall–Kier alpha value is -1.44. The monoisotopic (exact) mass is 422 g/mol. The van der Waals surface area contributed by atoms with Crippen molar-refractivity contribution in [2.45, 2.75) is 70.5 Å². The molecule has 2 saturated heterocycles. The molecule has 1 amide bonds. The molecule has 0 spiro atoms. The van der Waals surface area contributed by atoms with E-state index in [1.165, 1.54) is 17.8 Å². The van der Waals surface area contributed by atoms with Crippen LogP contribution in [0.3, 0.4) is 0 Å². The number of amides is 1. The van der Waals surface area contributed by atoms with Crippen molar-refractivity contribution in [1.82, 2.24) is 19.8 Å². The molecule has 8 heteroatoms. The third-order valence-corrected chi connectivity index (χ3v) is 7.59. The van der Waals surface area contributed by atoms with Crippen molar-refractivity contribution in [1.29, 1.82) is 0 Å². The van der Waals surface area contributed by atoms with E-state index in [9.17, 15) is 9.59 Å². The molecule has 2 atom stereocenters. The first-order valence-corrected chi connectivity index (χ1v) is 11.0. The molecule has 0 aromatic carbocycles. The first-order valence-electron chi connectivity index (χ1n) is 10.2. The van der Waals surface area contributed by atoms with Gasteiger partial charge in [0.1, 0.15) is 10.7 Å². The molecular weight excluding hydrogens is 396 g/mol. The number of aromatic nitrogens is 2. The van der Waals surface area contributed by atoms with Gasteiger partial charge in [-0.15, -0.1) is 23.7 Å². The molecule has 6 nitrogen and oxygen atoms in total. The molecule has 3 aliphatic rings. The normalized spacial score (nSPS) is 24.4. The predicted octanol–water partition coefficient (Wildman–Crippen LogP) is 2.88. The van der Waals surface area contributed by atoms with Gasteiger partial charge >= 0.3 is 0 Å². The van der Waals surface area contributed by atoms with Crippen molar-refractivity contribution >= 4 is 39.9 Å². The maximum Gasteiger partial charge on any atom is 0.264 e. The highest BCUT2D eigenvalue weighted by Gasteiger charge is 2.33. The lowest BCUT2D eigenvalue weighted by molar-refractivity contribution is 0.0752. The maximum absolute atomic E-state index is 13.3. The van der Waals surface area contributed by atoms with Crippen molar-refractivity contribution in [2.75, 3.05) is 13.1 Å². The van der Waals surface area contributed by atoms with Crippen molar-refractivity contribution in [3.05, 3.63) is 26.6 Å². The SMILES string of the molecule is Cc1c(C(=O)N2CCC3CCC(C2)N3)sc2nc3n(c(=O)c12)CCCCC3.Cl. The number of carbonyl (C=O) groups is 1. The van der Waals surface area contributed by atoms with Crippen LogP contribution in [0.25, 0.3) is 10.2 Å². The quantitative estimate of drug-likeness (QED) is 0.767. The van der Waals surface area contributed by atoms with E-state index < -0.39 is 0 Å². The van der Waals surface area contributed by atoms with Gasteiger partial charge in [-0.1, -0.05) is 6.42 Å². The van der Waals surface area contributed by atoms with Crippen LogP contribution in [0.5, 0.6) is 0 Å². The van der Waals surface area contributed by atoms with Crippen LogP contribution in [0.4, 0.5) is 0 Å². The van der Waals surface area contributed by atoms with Crippen molar-refractivity contribution in [3.8, 4) is 0 Å². The number of nitrogens with one attached hydrogen (secondary N) is 1. The fourth-order valence-corrected chi connectivity index (χ4v) is 6.04. The summed E-state index contributed by atoms with van der Waals surface area (Å²) in [5.41, 5.74) is 0.862. The highest BCUT2D eigenvalue weighted by molar-refractivity contribution is 7.20. The number of likely N-dealkylation sites (tertiary alicyclic amines) is 1. The van der Waals surface area contributed by atoms with Crippen molar-refractivity contribution < 1.29 is 4.79 Å². The summed E-state index contributed by atoms with van der Waals surface area (Å²) in [6.45, 7) is 4.23. The number of thiophene rings is 1. The molecule has 2 bridgehead atoms. The van der Waals surface area contributed by atoms with Crippen LogP contribution in [0.1, 0.15) is 59.6 Å². The Bertz CT molecular complexity index is 969. The second-order valence-corrected chi connectivity index (χ2v) is 9.21. The van der Waals surface area contributed by atoms with Gasteiger partial charge in [-0.3, -0.25) is 14.2 Å². The van der Waals surface area contributed by atoms with Crippen LogP contribution < -0.4 is 10.9 Å². The van der Waals surface area contributed by atoms with Crippen LogP contribution in [0, 0.1) is 6.92 Å². The third-order valence-electron chi connectivity index (χ3n) is 6.42. The smallest absolute Gasteiger partial charge is 0.264 e. The summed E-state index contributed by atoms with van der Waals surface area (Å²) in [4.78, 5) is 34.6. The van der Waals surface area contributed by atoms with Gasteiger partial charge in [0.05, 0.1) is 10.3 Å². The van der Waals surface area contributed by atoms with Gasteiger partial charge in [0.2, 0.25) is 0 Å². The summed E-state index contributed by atoms with van der Waals surface area (Å²) >= 11 is 1.41. The van der Waals surface area contributed by atoms with Gasteiger partial charge in [-0.2, -0.15) is 0 Å². The molecule has 2 unspecified atom stereocenters. The summed E-state index contributed by atoms with van der Waals surface area (Å²) in [6, 6.07) is 0.967. The fourth-order valence-electron chi connectivity index (χ4n) is 4.88. The maximum atomic E-state index is 13.3. The second kappa shape index (κ2) is 7.76. The number of aryl methyl sites for hydroxylation is 2. The highest BCUT2D eigenvalue weighted by atomic mass is 35.5.